The molecule has 0 aromatic heterocycles. The average molecular weight is 159 g/mol. The Balaban J connectivity index is 2.61. The molecule has 0 aromatic carbocycles. The van der Waals surface area contributed by atoms with Gasteiger partial charge in [0.1, 0.15) is 5.82 Å². The number of nitrogens with one attached hydrogen (secondary N) is 1. The molecule has 2 rings (SSSR count). The highest BCUT2D eigenvalue weighted by Gasteiger charge is 2.03. The highest BCUT2D eigenvalue weighted by molar-refractivity contribution is 5.67. The van der Waals surface area contributed by atoms with Gasteiger partial charge in [0.05, 0.1) is 5.69 Å². The Morgan fingerprint density at radius 2 is 2.00 bits per heavy atom. The summed E-state index contributed by atoms with van der Waals surface area (Å²) in [5.41, 5.74) is 4.56. The zero-order valence-corrected chi connectivity index (χ0v) is 6.49. The molecule has 3 heteroatoms. The van der Waals surface area contributed by atoms with Crippen LogP contribution in [0.1, 0.15) is 0 Å². The maximum absolute atomic E-state index is 5.23. The van der Waals surface area contributed by atoms with Gasteiger partial charge in [0, 0.05) is 5.56 Å². The number of anilines is 1. The van der Waals surface area contributed by atoms with Gasteiger partial charge in [-0.25, -0.2) is 10.8 Å². The first kappa shape index (κ1) is 7.06. The minimum absolute atomic E-state index is 0.705. The summed E-state index contributed by atoms with van der Waals surface area (Å²) in [6.07, 6.45) is 0. The van der Waals surface area contributed by atoms with Gasteiger partial charge in [-0.1, -0.05) is 24.3 Å². The summed E-state index contributed by atoms with van der Waals surface area (Å²) in [6.45, 7) is 0. The quantitative estimate of drug-likeness (QED) is 0.489. The van der Waals surface area contributed by atoms with Gasteiger partial charge in [-0.15, -0.1) is 0 Å². The number of nitrogens with zero attached hydrogens (tertiary/aromatic N) is 1. The molecule has 60 valence electrons. The first-order valence-electron chi connectivity index (χ1n) is 3.72. The average Bonchev–Trinajstić information content (AvgIpc) is 2.37. The minimum Gasteiger partial charge on any atom is -0.308 e. The largest absolute Gasteiger partial charge is 0.308 e. The molecular weight excluding hydrogens is 150 g/mol. The molecule has 0 fully saturated rings. The standard InChI is InChI=1S/C9H9N3/c10-12-9-6-7-4-2-1-3-5-8(7)11-9/h1-6H,10H2,(H,11,12). The van der Waals surface area contributed by atoms with Crippen molar-refractivity contribution in [2.75, 3.05) is 5.43 Å². The summed E-state index contributed by atoms with van der Waals surface area (Å²) in [5.74, 6) is 5.94. The summed E-state index contributed by atoms with van der Waals surface area (Å²) >= 11 is 0. The third-order valence-corrected chi connectivity index (χ3v) is 1.73. The SMILES string of the molecule is NNc1cc2cccccc-2n1. The first-order chi connectivity index (χ1) is 5.90. The van der Waals surface area contributed by atoms with Crippen molar-refractivity contribution in [3.63, 3.8) is 0 Å². The number of nitrogens with two attached hydrogens (primary N) is 1. The highest BCUT2D eigenvalue weighted by Crippen LogP contribution is 2.22. The molecule has 12 heavy (non-hydrogen) atoms. The summed E-state index contributed by atoms with van der Waals surface area (Å²) in [6, 6.07) is 11.8. The maximum atomic E-state index is 5.23. The first-order valence-corrected chi connectivity index (χ1v) is 3.72. The Morgan fingerprint density at radius 1 is 1.17 bits per heavy atom. The normalized spacial score (nSPS) is 10.1. The molecule has 1 heterocycles. The van der Waals surface area contributed by atoms with E-state index in [1.807, 2.05) is 36.4 Å². The molecule has 3 N–H and O–H groups in total. The highest BCUT2D eigenvalue weighted by atomic mass is 15.2. The third-order valence-electron chi connectivity index (χ3n) is 1.73. The Kier molecular flexibility index (Phi) is 1.64. The molecule has 1 aliphatic carbocycles. The minimum atomic E-state index is 0.705. The summed E-state index contributed by atoms with van der Waals surface area (Å²) in [5, 5.41) is 0. The van der Waals surface area contributed by atoms with E-state index in [1.165, 1.54) is 0 Å². The second-order valence-corrected chi connectivity index (χ2v) is 2.54. The van der Waals surface area contributed by atoms with E-state index in [9.17, 15) is 0 Å². The van der Waals surface area contributed by atoms with Crippen LogP contribution in [0.5, 0.6) is 0 Å². The predicted molar refractivity (Wildman–Crippen MR) is 48.7 cm³/mol. The summed E-state index contributed by atoms with van der Waals surface area (Å²) in [7, 11) is 0. The van der Waals surface area contributed by atoms with E-state index >= 15 is 0 Å². The van der Waals surface area contributed by atoms with Crippen molar-refractivity contribution < 1.29 is 0 Å². The fraction of sp³-hybridized carbons (Fsp3) is 0. The van der Waals surface area contributed by atoms with Gasteiger partial charge in [0.2, 0.25) is 0 Å². The van der Waals surface area contributed by atoms with E-state index in [4.69, 9.17) is 5.84 Å². The Morgan fingerprint density at radius 3 is 2.83 bits per heavy atom. The second-order valence-electron chi connectivity index (χ2n) is 2.54. The lowest BCUT2D eigenvalue weighted by atomic mass is 10.2. The molecular formula is C9H9N3. The van der Waals surface area contributed by atoms with Crippen LogP contribution in [-0.2, 0) is 0 Å². The van der Waals surface area contributed by atoms with Crippen LogP contribution in [0.4, 0.5) is 5.82 Å². The van der Waals surface area contributed by atoms with Gasteiger partial charge in [-0.3, -0.25) is 0 Å². The molecule has 0 atom stereocenters. The molecule has 0 bridgehead atoms. The number of nitrogen functional groups attached to an aromatic ring is 1. The fourth-order valence-corrected chi connectivity index (χ4v) is 1.16. The molecule has 2 aliphatic rings. The lowest BCUT2D eigenvalue weighted by Crippen LogP contribution is -2.06. The van der Waals surface area contributed by atoms with Crippen LogP contribution in [0.2, 0.25) is 0 Å². The van der Waals surface area contributed by atoms with Crippen LogP contribution >= 0.6 is 0 Å². The Bertz CT molecular complexity index is 328. The lowest BCUT2D eigenvalue weighted by molar-refractivity contribution is 1.27. The van der Waals surface area contributed by atoms with Gasteiger partial charge in [0.25, 0.3) is 0 Å². The van der Waals surface area contributed by atoms with Crippen LogP contribution < -0.4 is 11.3 Å². The molecule has 0 spiro atoms. The smallest absolute Gasteiger partial charge is 0.141 e. The molecule has 0 aromatic rings. The van der Waals surface area contributed by atoms with E-state index in [-0.39, 0.29) is 0 Å². The van der Waals surface area contributed by atoms with Gasteiger partial charge >= 0.3 is 0 Å². The van der Waals surface area contributed by atoms with E-state index in [1.54, 1.807) is 0 Å². The number of hydrogen-bond acceptors (Lipinski definition) is 3. The number of fused-ring (bicyclic) bond motifs is 1. The van der Waals surface area contributed by atoms with Crippen molar-refractivity contribution in [1.29, 1.82) is 0 Å². The van der Waals surface area contributed by atoms with Gasteiger partial charge < -0.3 is 5.43 Å². The maximum Gasteiger partial charge on any atom is 0.141 e. The molecule has 3 nitrogen and oxygen atoms in total. The van der Waals surface area contributed by atoms with Crippen molar-refractivity contribution >= 4 is 5.82 Å². The van der Waals surface area contributed by atoms with Crippen LogP contribution in [0.25, 0.3) is 11.3 Å². The summed E-state index contributed by atoms with van der Waals surface area (Å²) < 4.78 is 0. The molecule has 0 unspecified atom stereocenters. The molecule has 0 radical (unpaired) electrons. The number of hydrazine groups is 1. The molecule has 0 amide bonds. The Hall–Kier alpha value is -1.61. The third kappa shape index (κ3) is 1.10. The van der Waals surface area contributed by atoms with Crippen LogP contribution in [0.3, 0.4) is 0 Å². The van der Waals surface area contributed by atoms with E-state index in [2.05, 4.69) is 10.4 Å². The van der Waals surface area contributed by atoms with E-state index in [0.717, 1.165) is 11.3 Å². The van der Waals surface area contributed by atoms with Crippen LogP contribution in [-0.4, -0.2) is 4.98 Å². The predicted octanol–water partition coefficient (Wildman–Crippen LogP) is 1.47. The van der Waals surface area contributed by atoms with Crippen molar-refractivity contribution in [3.8, 4) is 11.3 Å². The Labute approximate surface area is 70.5 Å². The van der Waals surface area contributed by atoms with E-state index < -0.39 is 0 Å². The number of rotatable bonds is 1. The topological polar surface area (TPSA) is 50.9 Å². The van der Waals surface area contributed by atoms with Crippen molar-refractivity contribution in [1.82, 2.24) is 4.98 Å². The van der Waals surface area contributed by atoms with Crippen molar-refractivity contribution in [2.24, 2.45) is 5.84 Å². The summed E-state index contributed by atoms with van der Waals surface area (Å²) in [4.78, 5) is 4.24. The van der Waals surface area contributed by atoms with Crippen LogP contribution in [0, 0.1) is 0 Å². The van der Waals surface area contributed by atoms with E-state index in [0.29, 0.717) is 5.82 Å². The number of hydrogen-bond donors (Lipinski definition) is 2. The van der Waals surface area contributed by atoms with Gasteiger partial charge in [-0.2, -0.15) is 0 Å². The van der Waals surface area contributed by atoms with Gasteiger partial charge in [0.15, 0.2) is 0 Å². The van der Waals surface area contributed by atoms with Crippen molar-refractivity contribution in [2.45, 2.75) is 0 Å². The second kappa shape index (κ2) is 2.79. The molecule has 1 aliphatic heterocycles. The number of aromatic nitrogens is 1. The zero-order valence-electron chi connectivity index (χ0n) is 6.49. The molecule has 0 saturated heterocycles. The lowest BCUT2D eigenvalue weighted by Gasteiger charge is -1.86. The molecule has 0 saturated carbocycles. The van der Waals surface area contributed by atoms with Crippen molar-refractivity contribution in [3.05, 3.63) is 36.4 Å². The zero-order chi connectivity index (χ0) is 8.39. The van der Waals surface area contributed by atoms with Gasteiger partial charge in [-0.05, 0) is 12.1 Å². The van der Waals surface area contributed by atoms with Crippen LogP contribution in [0.15, 0.2) is 36.4 Å². The fourth-order valence-electron chi connectivity index (χ4n) is 1.16. The monoisotopic (exact) mass is 159 g/mol.